The number of pyridine rings is 1. The molecule has 1 aromatic heterocycles. The minimum absolute atomic E-state index is 0.0403. The van der Waals surface area contributed by atoms with E-state index in [0.717, 1.165) is 17.4 Å². The zero-order chi connectivity index (χ0) is 30.6. The van der Waals surface area contributed by atoms with Crippen LogP contribution in [0.3, 0.4) is 0 Å². The third-order valence-corrected chi connectivity index (χ3v) is 8.44. The van der Waals surface area contributed by atoms with E-state index in [1.807, 2.05) is 42.5 Å². The number of amides is 1. The number of hydrogen-bond donors (Lipinski definition) is 2. The summed E-state index contributed by atoms with van der Waals surface area (Å²) in [7, 11) is 3.80. The van der Waals surface area contributed by atoms with Gasteiger partial charge in [0.25, 0.3) is 0 Å². The number of carbonyl (C=O) groups excluding carboxylic acids is 1. The second kappa shape index (κ2) is 12.9. The average Bonchev–Trinajstić information content (AvgIpc) is 3.54. The van der Waals surface area contributed by atoms with Gasteiger partial charge in [0.05, 0.1) is 25.7 Å². The number of aromatic nitrogens is 1. The second-order valence-corrected chi connectivity index (χ2v) is 11.8. The van der Waals surface area contributed by atoms with Gasteiger partial charge in [-0.1, -0.05) is 36.9 Å². The van der Waals surface area contributed by atoms with Gasteiger partial charge in [0.2, 0.25) is 5.91 Å². The number of fused-ring (bicyclic) bond motifs is 2. The third kappa shape index (κ3) is 6.78. The second-order valence-electron chi connectivity index (χ2n) is 11.8. The van der Waals surface area contributed by atoms with Gasteiger partial charge in [-0.2, -0.15) is 0 Å². The maximum Gasteiger partial charge on any atom is 0.229 e. The predicted octanol–water partition coefficient (Wildman–Crippen LogP) is 6.38. The molecular weight excluding hydrogens is 559 g/mol. The molecule has 2 atom stereocenters. The highest BCUT2D eigenvalue weighted by Crippen LogP contribution is 2.42. The topological polar surface area (TPSA) is 85.0 Å². The summed E-state index contributed by atoms with van der Waals surface area (Å²) in [5.74, 6) is 3.18. The number of methoxy groups -OCH3 is 1. The number of likely N-dealkylation sites (tertiary alicyclic amines) is 1. The Morgan fingerprint density at radius 2 is 1.77 bits per heavy atom. The number of hydrogen-bond acceptors (Lipinski definition) is 7. The van der Waals surface area contributed by atoms with Crippen molar-refractivity contribution >= 4 is 22.5 Å². The quantitative estimate of drug-likeness (QED) is 0.208. The first-order valence-electron chi connectivity index (χ1n) is 14.9. The van der Waals surface area contributed by atoms with E-state index >= 15 is 4.39 Å². The zero-order valence-electron chi connectivity index (χ0n) is 25.0. The Hall–Kier alpha value is -4.63. The van der Waals surface area contributed by atoms with Crippen LogP contribution in [-0.4, -0.2) is 49.6 Å². The van der Waals surface area contributed by atoms with E-state index in [-0.39, 0.29) is 23.9 Å². The molecule has 2 fully saturated rings. The highest BCUT2D eigenvalue weighted by atomic mass is 19.1. The first kappa shape index (κ1) is 29.4. The molecule has 0 bridgehead atoms. The highest BCUT2D eigenvalue weighted by molar-refractivity contribution is 5.88. The third-order valence-electron chi connectivity index (χ3n) is 8.44. The van der Waals surface area contributed by atoms with Gasteiger partial charge in [-0.25, -0.2) is 4.39 Å². The Morgan fingerprint density at radius 3 is 2.50 bits per heavy atom. The molecule has 1 aliphatic carbocycles. The van der Waals surface area contributed by atoms with Crippen molar-refractivity contribution in [3.63, 3.8) is 0 Å². The summed E-state index contributed by atoms with van der Waals surface area (Å²) in [6.07, 6.45) is 4.22. The van der Waals surface area contributed by atoms with Crippen molar-refractivity contribution in [2.45, 2.75) is 19.3 Å². The van der Waals surface area contributed by atoms with E-state index in [2.05, 4.69) is 34.1 Å². The molecule has 44 heavy (non-hydrogen) atoms. The summed E-state index contributed by atoms with van der Waals surface area (Å²) in [4.78, 5) is 19.3. The Balaban J connectivity index is 1.10. The lowest BCUT2D eigenvalue weighted by Crippen LogP contribution is -2.27. The summed E-state index contributed by atoms with van der Waals surface area (Å²) < 4.78 is 33.1. The minimum Gasteiger partial charge on any atom is -0.493 e. The molecule has 228 valence electrons. The SMILES string of the molecule is C=C(NC(=O)Cc1ccccc1)Nc1ccc(Oc2ccnc3cc(OCC4CC5CN(C)CC5C4)c(OC)cc23)c(F)c1. The smallest absolute Gasteiger partial charge is 0.229 e. The van der Waals surface area contributed by atoms with Crippen molar-refractivity contribution in [1.82, 2.24) is 15.2 Å². The van der Waals surface area contributed by atoms with Crippen LogP contribution in [0.2, 0.25) is 0 Å². The van der Waals surface area contributed by atoms with Crippen LogP contribution < -0.4 is 24.8 Å². The largest absolute Gasteiger partial charge is 0.493 e. The Kier molecular flexibility index (Phi) is 8.65. The number of benzene rings is 3. The first-order chi connectivity index (χ1) is 21.3. The van der Waals surface area contributed by atoms with E-state index in [4.69, 9.17) is 14.2 Å². The van der Waals surface area contributed by atoms with Gasteiger partial charge in [0, 0.05) is 42.5 Å². The standard InChI is InChI=1S/C35H37FN4O4/c1-22(39-35(41)15-23-7-5-4-6-8-23)38-27-9-10-32(29(36)16-27)44-31-11-12-37-30-18-34(33(42-3)17-28(30)31)43-21-24-13-25-19-40(2)20-26(25)14-24/h4-12,16-18,24-26,38H,1,13-15,19-21H2,2-3H3,(H,39,41). The first-order valence-corrected chi connectivity index (χ1v) is 14.9. The highest BCUT2D eigenvalue weighted by Gasteiger charge is 2.39. The van der Waals surface area contributed by atoms with Crippen LogP contribution in [0, 0.1) is 23.6 Å². The van der Waals surface area contributed by atoms with Crippen molar-refractivity contribution in [3.05, 3.63) is 96.7 Å². The molecule has 3 aromatic carbocycles. The van der Waals surface area contributed by atoms with E-state index in [1.54, 1.807) is 25.4 Å². The van der Waals surface area contributed by atoms with E-state index in [1.165, 1.54) is 38.1 Å². The number of halogens is 1. The zero-order valence-corrected chi connectivity index (χ0v) is 25.0. The van der Waals surface area contributed by atoms with Crippen molar-refractivity contribution in [3.8, 4) is 23.0 Å². The predicted molar refractivity (Wildman–Crippen MR) is 169 cm³/mol. The molecule has 0 radical (unpaired) electrons. The molecule has 2 N–H and O–H groups in total. The monoisotopic (exact) mass is 596 g/mol. The maximum atomic E-state index is 15.2. The molecule has 0 spiro atoms. The van der Waals surface area contributed by atoms with E-state index < -0.39 is 5.82 Å². The summed E-state index contributed by atoms with van der Waals surface area (Å²) >= 11 is 0. The lowest BCUT2D eigenvalue weighted by Gasteiger charge is -2.18. The van der Waals surface area contributed by atoms with Crippen molar-refractivity contribution in [1.29, 1.82) is 0 Å². The van der Waals surface area contributed by atoms with Gasteiger partial charge in [0.1, 0.15) is 11.6 Å². The number of anilines is 1. The van der Waals surface area contributed by atoms with Crippen LogP contribution in [0.5, 0.6) is 23.0 Å². The van der Waals surface area contributed by atoms with Crippen LogP contribution in [-0.2, 0) is 11.2 Å². The number of ether oxygens (including phenoxy) is 3. The van der Waals surface area contributed by atoms with Crippen LogP contribution >= 0.6 is 0 Å². The fraction of sp³-hybridized carbons (Fsp3) is 0.314. The van der Waals surface area contributed by atoms with Crippen molar-refractivity contribution in [2.75, 3.05) is 39.2 Å². The molecule has 2 unspecified atom stereocenters. The number of carbonyl (C=O) groups is 1. The molecule has 9 heteroatoms. The number of rotatable bonds is 11. The van der Waals surface area contributed by atoms with Gasteiger partial charge in [-0.15, -0.1) is 0 Å². The van der Waals surface area contributed by atoms with Crippen LogP contribution in [0.1, 0.15) is 18.4 Å². The van der Waals surface area contributed by atoms with Crippen molar-refractivity contribution in [2.24, 2.45) is 17.8 Å². The van der Waals surface area contributed by atoms with E-state index in [0.29, 0.717) is 46.4 Å². The van der Waals surface area contributed by atoms with Crippen LogP contribution in [0.25, 0.3) is 10.9 Å². The molecular formula is C35H37FN4O4. The maximum absolute atomic E-state index is 15.2. The Labute approximate surface area is 256 Å². The Bertz CT molecular complexity index is 1650. The lowest BCUT2D eigenvalue weighted by molar-refractivity contribution is -0.119. The summed E-state index contributed by atoms with van der Waals surface area (Å²) in [6, 6.07) is 19.2. The van der Waals surface area contributed by atoms with Gasteiger partial charge in [0.15, 0.2) is 23.1 Å². The van der Waals surface area contributed by atoms with E-state index in [9.17, 15) is 4.79 Å². The van der Waals surface area contributed by atoms with Gasteiger partial charge in [-0.3, -0.25) is 9.78 Å². The molecule has 1 saturated carbocycles. The molecule has 6 rings (SSSR count). The molecule has 2 aliphatic rings. The molecule has 1 saturated heterocycles. The summed E-state index contributed by atoms with van der Waals surface area (Å²) in [5, 5.41) is 6.29. The van der Waals surface area contributed by atoms with Crippen LogP contribution in [0.15, 0.2) is 85.3 Å². The summed E-state index contributed by atoms with van der Waals surface area (Å²) in [5.41, 5.74) is 1.96. The summed E-state index contributed by atoms with van der Waals surface area (Å²) in [6.45, 7) is 6.83. The lowest BCUT2D eigenvalue weighted by atomic mass is 10.0. The molecule has 4 aromatic rings. The van der Waals surface area contributed by atoms with Gasteiger partial charge < -0.3 is 29.7 Å². The van der Waals surface area contributed by atoms with Crippen LogP contribution in [0.4, 0.5) is 10.1 Å². The normalized spacial score (nSPS) is 19.4. The fourth-order valence-electron chi connectivity index (χ4n) is 6.47. The van der Waals surface area contributed by atoms with Gasteiger partial charge in [-0.05, 0) is 67.5 Å². The minimum atomic E-state index is -0.581. The fourth-order valence-corrected chi connectivity index (χ4v) is 6.47. The molecule has 1 aliphatic heterocycles. The Morgan fingerprint density at radius 1 is 1.00 bits per heavy atom. The average molecular weight is 597 g/mol. The molecule has 2 heterocycles. The molecule has 1 amide bonds. The number of nitrogens with one attached hydrogen (secondary N) is 2. The molecule has 8 nitrogen and oxygen atoms in total. The van der Waals surface area contributed by atoms with Gasteiger partial charge >= 0.3 is 0 Å². The number of nitrogens with zero attached hydrogens (tertiary/aromatic N) is 2. The van der Waals surface area contributed by atoms with Crippen molar-refractivity contribution < 1.29 is 23.4 Å².